The molecule has 410 valence electrons. The summed E-state index contributed by atoms with van der Waals surface area (Å²) in [5, 5.41) is 0. The first-order chi connectivity index (χ1) is 33.8. The number of carbonyl (C=O) groups is 3. The van der Waals surface area contributed by atoms with Crippen LogP contribution in [0.5, 0.6) is 0 Å². The average Bonchev–Trinajstić information content (AvgIpc) is 3.34. The van der Waals surface area contributed by atoms with E-state index in [2.05, 4.69) is 34.6 Å². The lowest BCUT2D eigenvalue weighted by Crippen LogP contribution is -2.30. The molecule has 0 aliphatic heterocycles. The smallest absolute Gasteiger partial charge is 0.306 e. The van der Waals surface area contributed by atoms with Gasteiger partial charge in [0.15, 0.2) is 6.10 Å². The van der Waals surface area contributed by atoms with Gasteiger partial charge in [0.05, 0.1) is 0 Å². The van der Waals surface area contributed by atoms with Crippen molar-refractivity contribution >= 4 is 17.9 Å². The Morgan fingerprint density at radius 3 is 0.826 bits per heavy atom. The van der Waals surface area contributed by atoms with E-state index in [0.717, 1.165) is 69.6 Å². The number of rotatable bonds is 57. The van der Waals surface area contributed by atoms with Crippen molar-refractivity contribution in [2.75, 3.05) is 13.2 Å². The van der Waals surface area contributed by atoms with Gasteiger partial charge in [-0.1, -0.05) is 317 Å². The molecule has 1 unspecified atom stereocenters. The molecule has 2 atom stereocenters. The van der Waals surface area contributed by atoms with Crippen molar-refractivity contribution in [3.63, 3.8) is 0 Å². The van der Waals surface area contributed by atoms with Crippen LogP contribution in [-0.4, -0.2) is 37.2 Å². The second kappa shape index (κ2) is 55.7. The number of esters is 3. The van der Waals surface area contributed by atoms with Crippen LogP contribution >= 0.6 is 0 Å². The molecule has 6 heteroatoms. The molecule has 0 heterocycles. The van der Waals surface area contributed by atoms with Crippen LogP contribution in [0.25, 0.3) is 0 Å². The predicted octanol–water partition coefficient (Wildman–Crippen LogP) is 20.8. The van der Waals surface area contributed by atoms with E-state index in [1.54, 1.807) is 0 Å². The summed E-state index contributed by atoms with van der Waals surface area (Å²) in [6.45, 7) is 11.5. The maximum Gasteiger partial charge on any atom is 0.306 e. The maximum atomic E-state index is 12.9. The fourth-order valence-electron chi connectivity index (χ4n) is 9.73. The van der Waals surface area contributed by atoms with E-state index in [4.69, 9.17) is 14.2 Å². The van der Waals surface area contributed by atoms with E-state index in [1.165, 1.54) is 244 Å². The first-order valence-corrected chi connectivity index (χ1v) is 31.3. The number of carbonyl (C=O) groups excluding carboxylic acids is 3. The lowest BCUT2D eigenvalue weighted by molar-refractivity contribution is -0.167. The zero-order valence-corrected chi connectivity index (χ0v) is 47.5. The predicted molar refractivity (Wildman–Crippen MR) is 298 cm³/mol. The van der Waals surface area contributed by atoms with E-state index in [0.29, 0.717) is 19.3 Å². The molecule has 0 N–H and O–H groups in total. The van der Waals surface area contributed by atoms with Crippen molar-refractivity contribution in [1.29, 1.82) is 0 Å². The summed E-state index contributed by atoms with van der Waals surface area (Å²) < 4.78 is 16.9. The Kier molecular flexibility index (Phi) is 54.4. The summed E-state index contributed by atoms with van der Waals surface area (Å²) in [6.07, 6.45) is 60.9. The van der Waals surface area contributed by atoms with Gasteiger partial charge < -0.3 is 14.2 Å². The van der Waals surface area contributed by atoms with Crippen molar-refractivity contribution in [1.82, 2.24) is 0 Å². The van der Waals surface area contributed by atoms with Crippen molar-refractivity contribution in [2.24, 2.45) is 11.8 Å². The summed E-state index contributed by atoms with van der Waals surface area (Å²) in [5.74, 6) is 0.909. The normalized spacial score (nSPS) is 12.4. The highest BCUT2D eigenvalue weighted by Crippen LogP contribution is 2.19. The molecule has 0 aliphatic rings. The third-order valence-corrected chi connectivity index (χ3v) is 14.8. The molecule has 0 amide bonds. The first-order valence-electron chi connectivity index (χ1n) is 31.3. The molecule has 0 spiro atoms. The third kappa shape index (κ3) is 55.6. The van der Waals surface area contributed by atoms with Gasteiger partial charge in [0.25, 0.3) is 0 Å². The van der Waals surface area contributed by atoms with Gasteiger partial charge in [0.2, 0.25) is 0 Å². The van der Waals surface area contributed by atoms with Gasteiger partial charge >= 0.3 is 17.9 Å². The molecule has 0 radical (unpaired) electrons. The van der Waals surface area contributed by atoms with Crippen LogP contribution in [0.1, 0.15) is 356 Å². The lowest BCUT2D eigenvalue weighted by Gasteiger charge is -2.18. The molecule has 0 saturated carbocycles. The van der Waals surface area contributed by atoms with Crippen LogP contribution in [0.4, 0.5) is 0 Å². The molecule has 0 aromatic heterocycles. The number of hydrogen-bond donors (Lipinski definition) is 0. The van der Waals surface area contributed by atoms with Crippen LogP contribution in [-0.2, 0) is 28.6 Å². The van der Waals surface area contributed by atoms with Crippen molar-refractivity contribution in [3.8, 4) is 0 Å². The Labute approximate surface area is 431 Å². The molecule has 0 bridgehead atoms. The quantitative estimate of drug-likeness (QED) is 0.0343. The van der Waals surface area contributed by atoms with Gasteiger partial charge in [0, 0.05) is 19.3 Å². The zero-order valence-electron chi connectivity index (χ0n) is 47.5. The highest BCUT2D eigenvalue weighted by atomic mass is 16.6. The average molecular weight is 976 g/mol. The second-order valence-corrected chi connectivity index (χ2v) is 22.4. The van der Waals surface area contributed by atoms with Crippen molar-refractivity contribution in [3.05, 3.63) is 0 Å². The van der Waals surface area contributed by atoms with Gasteiger partial charge in [-0.2, -0.15) is 0 Å². The Morgan fingerprint density at radius 1 is 0.304 bits per heavy atom. The first kappa shape index (κ1) is 67.4. The fraction of sp³-hybridized carbons (Fsp3) is 0.952. The molecular weight excluding hydrogens is 853 g/mol. The molecular formula is C63H122O6. The monoisotopic (exact) mass is 975 g/mol. The summed E-state index contributed by atoms with van der Waals surface area (Å²) >= 11 is 0. The van der Waals surface area contributed by atoms with E-state index < -0.39 is 6.10 Å². The molecule has 69 heavy (non-hydrogen) atoms. The third-order valence-electron chi connectivity index (χ3n) is 14.8. The minimum Gasteiger partial charge on any atom is -0.462 e. The molecule has 0 aliphatic carbocycles. The van der Waals surface area contributed by atoms with Gasteiger partial charge in [-0.05, 0) is 31.1 Å². The standard InChI is InChI=1S/C63H122O6/c1-6-8-9-10-11-12-13-14-22-28-33-38-43-48-53-61(64)67-56-60(57-68-62(65)54-49-44-39-34-29-25-24-26-31-36-41-46-51-58(3)4)69-63(66)55-50-45-40-35-30-23-20-18-16-15-17-19-21-27-32-37-42-47-52-59(5)7-2/h58-60H,6-57H2,1-5H3/t59?,60-/m0/s1. The zero-order chi connectivity index (χ0) is 50.4. The number of ether oxygens (including phenoxy) is 3. The van der Waals surface area contributed by atoms with E-state index in [-0.39, 0.29) is 31.1 Å². The highest BCUT2D eigenvalue weighted by Gasteiger charge is 2.19. The highest BCUT2D eigenvalue weighted by molar-refractivity contribution is 5.71. The van der Waals surface area contributed by atoms with Gasteiger partial charge in [-0.15, -0.1) is 0 Å². The topological polar surface area (TPSA) is 78.9 Å². The van der Waals surface area contributed by atoms with Crippen LogP contribution in [0.3, 0.4) is 0 Å². The van der Waals surface area contributed by atoms with Gasteiger partial charge in [-0.25, -0.2) is 0 Å². The molecule has 0 fully saturated rings. The van der Waals surface area contributed by atoms with Crippen LogP contribution < -0.4 is 0 Å². The second-order valence-electron chi connectivity index (χ2n) is 22.4. The number of unbranched alkanes of at least 4 members (excludes halogenated alkanes) is 41. The van der Waals surface area contributed by atoms with Gasteiger partial charge in [0.1, 0.15) is 13.2 Å². The Hall–Kier alpha value is -1.59. The maximum absolute atomic E-state index is 12.9. The largest absolute Gasteiger partial charge is 0.462 e. The minimum atomic E-state index is -0.763. The SMILES string of the molecule is CCCCCCCCCCCCCCCCC(=O)OC[C@@H](COC(=O)CCCCCCCCCCCCCCC(C)C)OC(=O)CCCCCCCCCCCCCCCCCCCCC(C)CC. The molecule has 0 rings (SSSR count). The molecule has 6 nitrogen and oxygen atoms in total. The Bertz CT molecular complexity index is 1060. The van der Waals surface area contributed by atoms with Gasteiger partial charge in [-0.3, -0.25) is 14.4 Å². The Morgan fingerprint density at radius 2 is 0.551 bits per heavy atom. The fourth-order valence-corrected chi connectivity index (χ4v) is 9.73. The molecule has 0 aromatic rings. The van der Waals surface area contributed by atoms with Crippen LogP contribution in [0.2, 0.25) is 0 Å². The van der Waals surface area contributed by atoms with E-state index >= 15 is 0 Å². The van der Waals surface area contributed by atoms with Crippen molar-refractivity contribution in [2.45, 2.75) is 362 Å². The summed E-state index contributed by atoms with van der Waals surface area (Å²) in [4.78, 5) is 38.2. The summed E-state index contributed by atoms with van der Waals surface area (Å²) in [6, 6.07) is 0. The molecule has 0 saturated heterocycles. The Balaban J connectivity index is 4.26. The summed E-state index contributed by atoms with van der Waals surface area (Å²) in [5.41, 5.74) is 0. The van der Waals surface area contributed by atoms with Crippen LogP contribution in [0.15, 0.2) is 0 Å². The molecule has 0 aromatic carbocycles. The van der Waals surface area contributed by atoms with Crippen LogP contribution in [0, 0.1) is 11.8 Å². The summed E-state index contributed by atoms with van der Waals surface area (Å²) in [7, 11) is 0. The van der Waals surface area contributed by atoms with E-state index in [9.17, 15) is 14.4 Å². The lowest BCUT2D eigenvalue weighted by atomic mass is 9.99. The van der Waals surface area contributed by atoms with E-state index in [1.807, 2.05) is 0 Å². The number of hydrogen-bond acceptors (Lipinski definition) is 6. The minimum absolute atomic E-state index is 0.0621. The van der Waals surface area contributed by atoms with Crippen molar-refractivity contribution < 1.29 is 28.6 Å².